The Labute approximate surface area is 257 Å². The van der Waals surface area contributed by atoms with E-state index in [-0.39, 0.29) is 24.8 Å². The lowest BCUT2D eigenvalue weighted by molar-refractivity contribution is -0.153. The molecule has 16 heteroatoms. The van der Waals surface area contributed by atoms with E-state index >= 15 is 0 Å². The number of carbonyl (C=O) groups is 3. The maximum atomic E-state index is 13.0. The van der Waals surface area contributed by atoms with Gasteiger partial charge < -0.3 is 33.3 Å². The van der Waals surface area contributed by atoms with Gasteiger partial charge >= 0.3 is 19.5 Å². The summed E-state index contributed by atoms with van der Waals surface area (Å²) in [5.74, 6) is -3.52. The summed E-state index contributed by atoms with van der Waals surface area (Å²) in [5, 5.41) is 2.75. The molecule has 0 spiro atoms. The van der Waals surface area contributed by atoms with Crippen LogP contribution in [0.5, 0.6) is 0 Å². The summed E-state index contributed by atoms with van der Waals surface area (Å²) < 4.78 is 47.1. The van der Waals surface area contributed by atoms with E-state index in [1.807, 2.05) is 0 Å². The average molecular weight is 640 g/mol. The third-order valence-electron chi connectivity index (χ3n) is 7.00. The number of rotatable bonds is 12. The second-order valence-electron chi connectivity index (χ2n) is 9.65. The molecule has 45 heavy (non-hydrogen) atoms. The minimum Gasteiger partial charge on any atom is -0.467 e. The Hall–Kier alpha value is -4.53. The smallest absolute Gasteiger partial charge is 0.370 e. The van der Waals surface area contributed by atoms with Gasteiger partial charge in [-0.05, 0) is 24.3 Å². The van der Waals surface area contributed by atoms with Crippen LogP contribution >= 0.6 is 7.60 Å². The quantitative estimate of drug-likeness (QED) is 0.176. The predicted molar refractivity (Wildman–Crippen MR) is 157 cm³/mol. The van der Waals surface area contributed by atoms with E-state index < -0.39 is 43.8 Å². The maximum absolute atomic E-state index is 13.0. The van der Waals surface area contributed by atoms with Crippen molar-refractivity contribution in [2.24, 2.45) is 0 Å². The highest BCUT2D eigenvalue weighted by molar-refractivity contribution is 7.55. The Balaban J connectivity index is 1.40. The topological polar surface area (TPSA) is 179 Å². The molecule has 3 heterocycles. The van der Waals surface area contributed by atoms with Gasteiger partial charge in [0.1, 0.15) is 24.8 Å². The largest absolute Gasteiger partial charge is 0.467 e. The molecule has 4 aromatic rings. The molecular formula is C29H30N5O10P. The van der Waals surface area contributed by atoms with Gasteiger partial charge in [-0.15, -0.1) is 0 Å². The minimum atomic E-state index is -4.08. The fraction of sp³-hybridized carbons (Fsp3) is 0.310. The van der Waals surface area contributed by atoms with Crippen LogP contribution in [-0.4, -0.2) is 83.4 Å². The Morgan fingerprint density at radius 3 is 2.29 bits per heavy atom. The average Bonchev–Trinajstić information content (AvgIpc) is 3.69. The molecular weight excluding hydrogens is 609 g/mol. The van der Waals surface area contributed by atoms with Crippen LogP contribution in [0, 0.1) is 0 Å². The van der Waals surface area contributed by atoms with E-state index in [1.165, 1.54) is 12.7 Å². The lowest BCUT2D eigenvalue weighted by atomic mass is 10.1. The van der Waals surface area contributed by atoms with Gasteiger partial charge in [0.25, 0.3) is 11.8 Å². The lowest BCUT2D eigenvalue weighted by Crippen LogP contribution is -2.35. The molecule has 1 unspecified atom stereocenters. The van der Waals surface area contributed by atoms with Crippen molar-refractivity contribution >= 4 is 42.4 Å². The van der Waals surface area contributed by atoms with Gasteiger partial charge in [0, 0.05) is 26.2 Å². The first-order valence-electron chi connectivity index (χ1n) is 13.6. The zero-order valence-corrected chi connectivity index (χ0v) is 25.4. The second-order valence-corrected chi connectivity index (χ2v) is 11.9. The molecule has 0 radical (unpaired) electrons. The fourth-order valence-corrected chi connectivity index (χ4v) is 5.85. The van der Waals surface area contributed by atoms with Crippen molar-refractivity contribution in [2.75, 3.05) is 33.3 Å². The standard InChI is InChI=1S/C29H30N5O10P/c1-39-28(37)29(45(38,40-2)41-3)42-15-21-20(44-27(36)19-12-8-5-9-13-19)14-22(43-21)34-17-32-23-24(30-16-31-25(23)34)33-26(35)18-10-6-4-7-11-18/h4-13,16-17,20-22,29H,14-15H2,1-3H3,(H,30,31,33,35)/t20-,21+,22+,29?/m0/s1. The second kappa shape index (κ2) is 14.1. The number of methoxy groups -OCH3 is 1. The van der Waals surface area contributed by atoms with Crippen molar-refractivity contribution in [3.63, 3.8) is 0 Å². The number of anilines is 1. The summed E-state index contributed by atoms with van der Waals surface area (Å²) in [6, 6.07) is 17.0. The number of amides is 1. The highest BCUT2D eigenvalue weighted by Gasteiger charge is 2.46. The summed E-state index contributed by atoms with van der Waals surface area (Å²) in [6.07, 6.45) is 0.247. The van der Waals surface area contributed by atoms with Crippen LogP contribution < -0.4 is 5.32 Å². The van der Waals surface area contributed by atoms with Crippen molar-refractivity contribution in [1.29, 1.82) is 0 Å². The monoisotopic (exact) mass is 639 g/mol. The molecule has 5 rings (SSSR count). The Morgan fingerprint density at radius 2 is 1.64 bits per heavy atom. The number of nitrogens with zero attached hydrogens (tertiary/aromatic N) is 4. The molecule has 15 nitrogen and oxygen atoms in total. The number of carbonyl (C=O) groups excluding carboxylic acids is 3. The molecule has 2 aromatic heterocycles. The van der Waals surface area contributed by atoms with E-state index in [9.17, 15) is 18.9 Å². The molecule has 2 aromatic carbocycles. The highest BCUT2D eigenvalue weighted by atomic mass is 31.2. The van der Waals surface area contributed by atoms with E-state index in [2.05, 4.69) is 20.3 Å². The summed E-state index contributed by atoms with van der Waals surface area (Å²) in [5.41, 5.74) is 1.39. The zero-order chi connectivity index (χ0) is 32.0. The van der Waals surface area contributed by atoms with Gasteiger partial charge in [0.2, 0.25) is 0 Å². The molecule has 1 aliphatic rings. The van der Waals surface area contributed by atoms with Crippen LogP contribution in [-0.2, 0) is 37.4 Å². The number of nitrogens with one attached hydrogen (secondary N) is 1. The molecule has 0 bridgehead atoms. The Kier molecular flexibility index (Phi) is 9.96. The molecule has 1 aliphatic heterocycles. The molecule has 1 saturated heterocycles. The van der Waals surface area contributed by atoms with Crippen LogP contribution in [0.3, 0.4) is 0 Å². The van der Waals surface area contributed by atoms with Crippen molar-refractivity contribution in [3.8, 4) is 0 Å². The third kappa shape index (κ3) is 6.92. The van der Waals surface area contributed by atoms with Gasteiger partial charge in [0.05, 0.1) is 25.6 Å². The number of esters is 2. The normalized spacial score (nSPS) is 18.8. The van der Waals surface area contributed by atoms with Crippen molar-refractivity contribution in [2.45, 2.75) is 30.7 Å². The summed E-state index contributed by atoms with van der Waals surface area (Å²) in [4.78, 5) is 51.2. The van der Waals surface area contributed by atoms with E-state index in [4.69, 9.17) is 28.0 Å². The highest BCUT2D eigenvalue weighted by Crippen LogP contribution is 2.52. The molecule has 0 aliphatic carbocycles. The Morgan fingerprint density at radius 1 is 0.978 bits per heavy atom. The summed E-state index contributed by atoms with van der Waals surface area (Å²) in [7, 11) is -0.758. The van der Waals surface area contributed by atoms with Crippen molar-refractivity contribution < 1.29 is 46.9 Å². The molecule has 1 N–H and O–H groups in total. The first-order valence-corrected chi connectivity index (χ1v) is 15.2. The molecule has 0 saturated carbocycles. The predicted octanol–water partition coefficient (Wildman–Crippen LogP) is 3.59. The van der Waals surface area contributed by atoms with Crippen LogP contribution in [0.15, 0.2) is 73.3 Å². The SMILES string of the molecule is COC(=O)C(OC[C@H]1O[C@@H](n2cnc3c(NC(=O)c4ccccc4)ncnc32)C[C@@H]1OC(=O)c1ccccc1)P(=O)(OC)OC. The first kappa shape index (κ1) is 31.9. The van der Waals surface area contributed by atoms with E-state index in [0.29, 0.717) is 22.3 Å². The van der Waals surface area contributed by atoms with Crippen LogP contribution in [0.1, 0.15) is 33.4 Å². The van der Waals surface area contributed by atoms with Crippen molar-refractivity contribution in [1.82, 2.24) is 19.5 Å². The van der Waals surface area contributed by atoms with Crippen LogP contribution in [0.25, 0.3) is 11.2 Å². The van der Waals surface area contributed by atoms with Crippen LogP contribution in [0.2, 0.25) is 0 Å². The van der Waals surface area contributed by atoms with E-state index in [1.54, 1.807) is 65.2 Å². The van der Waals surface area contributed by atoms with Gasteiger partial charge in [-0.2, -0.15) is 0 Å². The van der Waals surface area contributed by atoms with Gasteiger partial charge in [0.15, 0.2) is 17.0 Å². The number of imidazole rings is 1. The van der Waals surface area contributed by atoms with Gasteiger partial charge in [-0.1, -0.05) is 36.4 Å². The zero-order valence-electron chi connectivity index (χ0n) is 24.5. The lowest BCUT2D eigenvalue weighted by Gasteiger charge is -2.25. The van der Waals surface area contributed by atoms with Gasteiger partial charge in [-0.25, -0.2) is 24.5 Å². The number of hydrogen-bond acceptors (Lipinski definition) is 13. The molecule has 1 amide bonds. The van der Waals surface area contributed by atoms with Gasteiger partial charge in [-0.3, -0.25) is 13.9 Å². The summed E-state index contributed by atoms with van der Waals surface area (Å²) in [6.45, 7) is -0.361. The van der Waals surface area contributed by atoms with E-state index in [0.717, 1.165) is 21.3 Å². The minimum absolute atomic E-state index is 0.128. The number of hydrogen-bond donors (Lipinski definition) is 1. The number of fused-ring (bicyclic) bond motifs is 1. The summed E-state index contributed by atoms with van der Waals surface area (Å²) >= 11 is 0. The van der Waals surface area contributed by atoms with Crippen molar-refractivity contribution in [3.05, 3.63) is 84.4 Å². The number of ether oxygens (including phenoxy) is 4. The fourth-order valence-electron chi connectivity index (χ4n) is 4.69. The number of aromatic nitrogens is 4. The number of benzene rings is 2. The molecule has 236 valence electrons. The first-order chi connectivity index (χ1) is 21.8. The molecule has 4 atom stereocenters. The third-order valence-corrected chi connectivity index (χ3v) is 8.95. The maximum Gasteiger partial charge on any atom is 0.370 e. The molecule has 1 fully saturated rings. The Bertz CT molecular complexity index is 1700. The van der Waals surface area contributed by atoms with Crippen LogP contribution in [0.4, 0.5) is 5.82 Å².